The summed E-state index contributed by atoms with van der Waals surface area (Å²) in [5.41, 5.74) is 2.06. The predicted octanol–water partition coefficient (Wildman–Crippen LogP) is 1.03. The smallest absolute Gasteiger partial charge is 0.147 e. The van der Waals surface area contributed by atoms with Crippen LogP contribution in [0.2, 0.25) is 5.15 Å². The number of hydrogen-bond acceptors (Lipinski definition) is 2. The van der Waals surface area contributed by atoms with Gasteiger partial charge in [-0.3, -0.25) is 0 Å². The van der Waals surface area contributed by atoms with E-state index in [-0.39, 0.29) is 5.15 Å². The lowest BCUT2D eigenvalue weighted by molar-refractivity contribution is -0.800. The van der Waals surface area contributed by atoms with Crippen molar-refractivity contribution in [3.63, 3.8) is 0 Å². The first-order valence-electron chi connectivity index (χ1n) is 4.60. The molecule has 0 aliphatic rings. The maximum absolute atomic E-state index is 8.94. The van der Waals surface area contributed by atoms with Crippen molar-refractivity contribution in [2.24, 2.45) is 0 Å². The maximum atomic E-state index is 8.94. The first-order valence-corrected chi connectivity index (χ1v) is 4.98. The van der Waals surface area contributed by atoms with Crippen molar-refractivity contribution < 1.29 is 4.90 Å². The van der Waals surface area contributed by atoms with Gasteiger partial charge in [0.25, 0.3) is 0 Å². The summed E-state index contributed by atoms with van der Waals surface area (Å²) < 4.78 is 0. The Morgan fingerprint density at radius 1 is 1.53 bits per heavy atom. The predicted molar refractivity (Wildman–Crippen MR) is 60.5 cm³/mol. The van der Waals surface area contributed by atoms with E-state index in [9.17, 15) is 0 Å². The highest BCUT2D eigenvalue weighted by Gasteiger charge is 2.07. The van der Waals surface area contributed by atoms with Gasteiger partial charge < -0.3 is 4.90 Å². The van der Waals surface area contributed by atoms with Gasteiger partial charge in [-0.15, -0.1) is 0 Å². The second-order valence-corrected chi connectivity index (χ2v) is 3.90. The molecule has 1 aromatic rings. The average molecular weight is 223 g/mol. The van der Waals surface area contributed by atoms with Crippen molar-refractivity contribution in [3.8, 4) is 6.07 Å². The molecule has 1 heterocycles. The molecule has 78 valence electrons. The zero-order valence-corrected chi connectivity index (χ0v) is 9.76. The fourth-order valence-electron chi connectivity index (χ4n) is 1.16. The van der Waals surface area contributed by atoms with E-state index >= 15 is 0 Å². The summed E-state index contributed by atoms with van der Waals surface area (Å²) in [5, 5.41) is 9.21. The fourth-order valence-corrected chi connectivity index (χ4v) is 1.44. The van der Waals surface area contributed by atoms with E-state index < -0.39 is 0 Å². The Hall–Kier alpha value is -1.37. The minimum Gasteiger partial charge on any atom is -0.313 e. The molecule has 0 aliphatic heterocycles. The van der Waals surface area contributed by atoms with Crippen LogP contribution in [0.3, 0.4) is 0 Å². The van der Waals surface area contributed by atoms with Crippen LogP contribution in [-0.4, -0.2) is 19.1 Å². The largest absolute Gasteiger partial charge is 0.313 e. The summed E-state index contributed by atoms with van der Waals surface area (Å²) in [6, 6.07) is 3.91. The molecule has 1 N–H and O–H groups in total. The summed E-state index contributed by atoms with van der Waals surface area (Å²) in [4.78, 5) is 5.21. The summed E-state index contributed by atoms with van der Waals surface area (Å²) in [5.74, 6) is 0. The van der Waals surface area contributed by atoms with E-state index in [1.807, 2.05) is 39.4 Å². The van der Waals surface area contributed by atoms with Gasteiger partial charge in [0.1, 0.15) is 11.2 Å². The minimum atomic E-state index is 0.269. The van der Waals surface area contributed by atoms with Crippen molar-refractivity contribution in [1.29, 1.82) is 5.26 Å². The van der Waals surface area contributed by atoms with E-state index in [2.05, 4.69) is 11.1 Å². The molecule has 0 aromatic carbocycles. The van der Waals surface area contributed by atoms with Crippen LogP contribution in [0.1, 0.15) is 16.8 Å². The Balaban J connectivity index is 3.22. The minimum absolute atomic E-state index is 0.269. The van der Waals surface area contributed by atoms with Crippen LogP contribution in [0.4, 0.5) is 0 Å². The molecule has 0 aliphatic carbocycles. The first kappa shape index (κ1) is 11.7. The Morgan fingerprint density at radius 3 is 2.73 bits per heavy atom. The Kier molecular flexibility index (Phi) is 3.84. The quantitative estimate of drug-likeness (QED) is 0.760. The van der Waals surface area contributed by atoms with E-state index in [0.717, 1.165) is 11.3 Å². The average Bonchev–Trinajstić information content (AvgIpc) is 2.13. The van der Waals surface area contributed by atoms with E-state index in [1.165, 1.54) is 4.90 Å². The highest BCUT2D eigenvalue weighted by molar-refractivity contribution is 6.30. The second-order valence-electron chi connectivity index (χ2n) is 3.54. The Bertz CT molecular complexity index is 430. The summed E-state index contributed by atoms with van der Waals surface area (Å²) in [6.07, 6.45) is 3.83. The molecule has 1 aromatic heterocycles. The Morgan fingerprint density at radius 2 is 2.20 bits per heavy atom. The van der Waals surface area contributed by atoms with Gasteiger partial charge in [0.2, 0.25) is 0 Å². The molecule has 0 saturated heterocycles. The highest BCUT2D eigenvalue weighted by Crippen LogP contribution is 2.19. The highest BCUT2D eigenvalue weighted by atomic mass is 35.5. The summed E-state index contributed by atoms with van der Waals surface area (Å²) in [7, 11) is 4.00. The number of aryl methyl sites for hydroxylation is 1. The number of nitriles is 1. The molecule has 0 atom stereocenters. The normalized spacial score (nSPS) is 10.9. The van der Waals surface area contributed by atoms with Crippen LogP contribution in [0, 0.1) is 18.3 Å². The number of nitrogens with zero attached hydrogens (tertiary/aromatic N) is 2. The third kappa shape index (κ3) is 3.05. The number of rotatable bonds is 2. The number of hydrogen-bond donors (Lipinski definition) is 1. The summed E-state index contributed by atoms with van der Waals surface area (Å²) in [6.45, 7) is 1.85. The molecule has 0 fully saturated rings. The fraction of sp³-hybridized carbons (Fsp3) is 0.273. The van der Waals surface area contributed by atoms with Gasteiger partial charge in [0.05, 0.1) is 25.9 Å². The topological polar surface area (TPSA) is 41.1 Å². The van der Waals surface area contributed by atoms with Gasteiger partial charge in [-0.25, -0.2) is 4.98 Å². The van der Waals surface area contributed by atoms with Gasteiger partial charge in [-0.2, -0.15) is 5.26 Å². The molecular formula is C11H13ClN3+. The van der Waals surface area contributed by atoms with Crippen molar-refractivity contribution in [2.45, 2.75) is 6.92 Å². The number of pyridine rings is 1. The monoisotopic (exact) mass is 222 g/mol. The lowest BCUT2D eigenvalue weighted by Crippen LogP contribution is -3.00. The van der Waals surface area contributed by atoms with Crippen LogP contribution < -0.4 is 4.90 Å². The third-order valence-corrected chi connectivity index (χ3v) is 2.12. The van der Waals surface area contributed by atoms with Gasteiger partial charge in [-0.05, 0) is 19.1 Å². The SMILES string of the molecule is Cc1cc(C=C[NH+](C)C)c(C#N)c(Cl)n1. The number of nitrogens with one attached hydrogen (secondary N) is 1. The molecule has 0 bridgehead atoms. The number of halogens is 1. The lowest BCUT2D eigenvalue weighted by Gasteiger charge is -2.02. The molecule has 0 unspecified atom stereocenters. The third-order valence-electron chi connectivity index (χ3n) is 1.84. The van der Waals surface area contributed by atoms with Crippen LogP contribution >= 0.6 is 11.6 Å². The van der Waals surface area contributed by atoms with Crippen molar-refractivity contribution in [1.82, 2.24) is 4.98 Å². The van der Waals surface area contributed by atoms with Crippen molar-refractivity contribution >= 4 is 17.7 Å². The van der Waals surface area contributed by atoms with Gasteiger partial charge in [-0.1, -0.05) is 11.6 Å². The lowest BCUT2D eigenvalue weighted by atomic mass is 10.1. The maximum Gasteiger partial charge on any atom is 0.147 e. The zero-order valence-electron chi connectivity index (χ0n) is 9.00. The number of aromatic nitrogens is 1. The number of quaternary nitrogens is 1. The van der Waals surface area contributed by atoms with Crippen LogP contribution in [0.5, 0.6) is 0 Å². The molecule has 1 rings (SSSR count). The van der Waals surface area contributed by atoms with Crippen LogP contribution in [0.15, 0.2) is 12.3 Å². The molecule has 0 saturated carbocycles. The standard InChI is InChI=1S/C11H12ClN3/c1-8-6-9(4-5-15(2)3)10(7-13)11(12)14-8/h4-6H,1-3H3/p+1. The van der Waals surface area contributed by atoms with Gasteiger partial charge in [0, 0.05) is 11.3 Å². The van der Waals surface area contributed by atoms with Crippen molar-refractivity contribution in [3.05, 3.63) is 34.2 Å². The van der Waals surface area contributed by atoms with Gasteiger partial charge >= 0.3 is 0 Å². The Labute approximate surface area is 94.6 Å². The molecule has 0 radical (unpaired) electrons. The molecular weight excluding hydrogens is 210 g/mol. The van der Waals surface area contributed by atoms with Crippen LogP contribution in [0.25, 0.3) is 6.08 Å². The molecule has 0 spiro atoms. The second kappa shape index (κ2) is 4.92. The first-order chi connectivity index (χ1) is 7.04. The van der Waals surface area contributed by atoms with Crippen LogP contribution in [-0.2, 0) is 0 Å². The molecule has 0 amide bonds. The summed E-state index contributed by atoms with van der Waals surface area (Å²) >= 11 is 5.88. The van der Waals surface area contributed by atoms with Crippen molar-refractivity contribution in [2.75, 3.05) is 14.1 Å². The molecule has 3 nitrogen and oxygen atoms in total. The molecule has 4 heteroatoms. The van der Waals surface area contributed by atoms with E-state index in [0.29, 0.717) is 5.56 Å². The molecule has 15 heavy (non-hydrogen) atoms. The van der Waals surface area contributed by atoms with E-state index in [4.69, 9.17) is 16.9 Å². The van der Waals surface area contributed by atoms with E-state index in [1.54, 1.807) is 0 Å². The van der Waals surface area contributed by atoms with Gasteiger partial charge in [0.15, 0.2) is 0 Å². The zero-order chi connectivity index (χ0) is 11.4.